The van der Waals surface area contributed by atoms with Gasteiger partial charge in [0.25, 0.3) is 0 Å². The molecule has 2 aliphatic heterocycles. The molecular formula is C5H6FN3O. The summed E-state index contributed by atoms with van der Waals surface area (Å²) in [6.45, 7) is 0. The Kier molecular flexibility index (Phi) is 0.960. The van der Waals surface area contributed by atoms with E-state index in [-0.39, 0.29) is 18.3 Å². The largest absolute Gasteiger partial charge is 0.381 e. The molecule has 5 heteroatoms. The molecule has 1 saturated heterocycles. The van der Waals surface area contributed by atoms with Gasteiger partial charge >= 0.3 is 0 Å². The fraction of sp³-hybridized carbons (Fsp3) is 0.400. The molecule has 2 unspecified atom stereocenters. The predicted molar refractivity (Wildman–Crippen MR) is 32.6 cm³/mol. The van der Waals surface area contributed by atoms with Crippen molar-refractivity contribution in [3.8, 4) is 0 Å². The normalized spacial score (nSPS) is 36.5. The number of amidine groups is 1. The molecule has 0 spiro atoms. The Labute approximate surface area is 56.6 Å². The van der Waals surface area contributed by atoms with Gasteiger partial charge in [0.05, 0.1) is 0 Å². The second-order valence-electron chi connectivity index (χ2n) is 2.12. The van der Waals surface area contributed by atoms with Crippen molar-refractivity contribution in [1.82, 2.24) is 5.32 Å². The Balaban J connectivity index is 2.25. The summed E-state index contributed by atoms with van der Waals surface area (Å²) in [5.41, 5.74) is 5.18. The number of nitrogens with zero attached hydrogens (tertiary/aromatic N) is 1. The second kappa shape index (κ2) is 1.69. The molecule has 2 rings (SSSR count). The Bertz CT molecular complexity index is 225. The summed E-state index contributed by atoms with van der Waals surface area (Å²) in [6.07, 6.45) is 0.701. The van der Waals surface area contributed by atoms with Crippen LogP contribution in [0.1, 0.15) is 0 Å². The number of halogens is 1. The molecular weight excluding hydrogens is 137 g/mol. The highest BCUT2D eigenvalue weighted by atomic mass is 19.1. The van der Waals surface area contributed by atoms with E-state index in [1.165, 1.54) is 0 Å². The quantitative estimate of drug-likeness (QED) is 0.447. The lowest BCUT2D eigenvalue weighted by molar-refractivity contribution is 0.359. The number of nitrogens with two attached hydrogens (primary N) is 1. The van der Waals surface area contributed by atoms with E-state index in [9.17, 15) is 4.39 Å². The first-order valence-corrected chi connectivity index (χ1v) is 2.88. The first kappa shape index (κ1) is 5.67. The third-order valence-electron chi connectivity index (χ3n) is 1.35. The summed E-state index contributed by atoms with van der Waals surface area (Å²) in [5.74, 6) is -0.631. The van der Waals surface area contributed by atoms with Gasteiger partial charge in [-0.3, -0.25) is 0 Å². The highest BCUT2D eigenvalue weighted by molar-refractivity contribution is 5.95. The summed E-state index contributed by atoms with van der Waals surface area (Å²) in [7, 11) is 0. The van der Waals surface area contributed by atoms with Crippen LogP contribution >= 0.6 is 0 Å². The average Bonchev–Trinajstić information content (AvgIpc) is 2.61. The topological polar surface area (TPSA) is 62.9 Å². The van der Waals surface area contributed by atoms with Gasteiger partial charge in [-0.25, -0.2) is 9.38 Å². The number of fused-ring (bicyclic) bond motifs is 1. The maximum atomic E-state index is 12.5. The van der Waals surface area contributed by atoms with Crippen molar-refractivity contribution in [1.29, 1.82) is 0 Å². The molecule has 3 N–H and O–H groups in total. The van der Waals surface area contributed by atoms with Crippen molar-refractivity contribution in [2.75, 3.05) is 0 Å². The fourth-order valence-electron chi connectivity index (χ4n) is 0.753. The minimum atomic E-state index is -0.532. The van der Waals surface area contributed by atoms with Gasteiger partial charge in [-0.2, -0.15) is 0 Å². The Morgan fingerprint density at radius 1 is 1.80 bits per heavy atom. The molecule has 0 aromatic rings. The maximum Gasteiger partial charge on any atom is 0.197 e. The van der Waals surface area contributed by atoms with Gasteiger partial charge in [-0.15, -0.1) is 0 Å². The van der Waals surface area contributed by atoms with Crippen molar-refractivity contribution in [3.63, 3.8) is 0 Å². The van der Waals surface area contributed by atoms with Crippen molar-refractivity contribution >= 4 is 5.84 Å². The third kappa shape index (κ3) is 0.750. The van der Waals surface area contributed by atoms with Crippen LogP contribution in [0.3, 0.4) is 0 Å². The zero-order valence-electron chi connectivity index (χ0n) is 5.04. The van der Waals surface area contributed by atoms with E-state index < -0.39 is 5.83 Å². The van der Waals surface area contributed by atoms with Gasteiger partial charge in [-0.05, 0) is 0 Å². The molecule has 0 aliphatic carbocycles. The van der Waals surface area contributed by atoms with Crippen molar-refractivity contribution < 1.29 is 9.13 Å². The summed E-state index contributed by atoms with van der Waals surface area (Å²) in [4.78, 5) is 3.70. The number of epoxide rings is 1. The van der Waals surface area contributed by atoms with E-state index in [1.54, 1.807) is 0 Å². The van der Waals surface area contributed by atoms with Crippen molar-refractivity contribution in [2.45, 2.75) is 12.5 Å². The van der Waals surface area contributed by atoms with Crippen LogP contribution in [0.4, 0.5) is 4.39 Å². The van der Waals surface area contributed by atoms with Crippen LogP contribution in [0.2, 0.25) is 0 Å². The van der Waals surface area contributed by atoms with Crippen LogP contribution in [-0.2, 0) is 4.74 Å². The molecule has 2 heterocycles. The zero-order valence-corrected chi connectivity index (χ0v) is 5.04. The lowest BCUT2D eigenvalue weighted by Crippen LogP contribution is -2.13. The van der Waals surface area contributed by atoms with E-state index in [0.717, 1.165) is 6.20 Å². The monoisotopic (exact) mass is 143 g/mol. The van der Waals surface area contributed by atoms with E-state index in [1.807, 2.05) is 0 Å². The molecule has 2 aliphatic rings. The fourth-order valence-corrected chi connectivity index (χ4v) is 0.753. The first-order chi connectivity index (χ1) is 4.77. The highest BCUT2D eigenvalue weighted by Crippen LogP contribution is 2.23. The van der Waals surface area contributed by atoms with Gasteiger partial charge in [0, 0.05) is 6.20 Å². The average molecular weight is 143 g/mol. The summed E-state index contributed by atoms with van der Waals surface area (Å²) in [5, 5.41) is 2.64. The maximum absolute atomic E-state index is 12.5. The van der Waals surface area contributed by atoms with Crippen molar-refractivity contribution in [3.05, 3.63) is 12.0 Å². The van der Waals surface area contributed by atoms with E-state index >= 15 is 0 Å². The number of rotatable bonds is 0. The molecule has 0 aromatic heterocycles. The van der Waals surface area contributed by atoms with E-state index in [0.29, 0.717) is 0 Å². The first-order valence-electron chi connectivity index (χ1n) is 2.88. The molecule has 0 saturated carbocycles. The predicted octanol–water partition coefficient (Wildman–Crippen LogP) is -0.560. The molecule has 1 fully saturated rings. The number of ether oxygens (including phenoxy) is 1. The number of hydrogen-bond acceptors (Lipinski definition) is 4. The summed E-state index contributed by atoms with van der Waals surface area (Å²) >= 11 is 0. The molecule has 0 amide bonds. The van der Waals surface area contributed by atoms with Crippen LogP contribution in [0.25, 0.3) is 0 Å². The van der Waals surface area contributed by atoms with Gasteiger partial charge in [-0.1, -0.05) is 0 Å². The van der Waals surface area contributed by atoms with Crippen molar-refractivity contribution in [2.24, 2.45) is 10.7 Å². The molecule has 0 radical (unpaired) electrons. The lowest BCUT2D eigenvalue weighted by atomic mass is 10.5. The minimum absolute atomic E-state index is 0.0995. The third-order valence-corrected chi connectivity index (χ3v) is 1.35. The van der Waals surface area contributed by atoms with Crippen LogP contribution in [-0.4, -0.2) is 18.3 Å². The highest BCUT2D eigenvalue weighted by Gasteiger charge is 2.40. The van der Waals surface area contributed by atoms with Gasteiger partial charge in [0.2, 0.25) is 0 Å². The SMILES string of the molecule is NC1=NC2OC2NC=C1F. The minimum Gasteiger partial charge on any atom is -0.381 e. The van der Waals surface area contributed by atoms with Crippen LogP contribution < -0.4 is 11.1 Å². The Morgan fingerprint density at radius 3 is 3.40 bits per heavy atom. The molecule has 0 aromatic carbocycles. The van der Waals surface area contributed by atoms with Crippen LogP contribution in [0, 0.1) is 0 Å². The molecule has 54 valence electrons. The van der Waals surface area contributed by atoms with E-state index in [2.05, 4.69) is 10.3 Å². The van der Waals surface area contributed by atoms with Gasteiger partial charge in [0.15, 0.2) is 24.1 Å². The molecule has 10 heavy (non-hydrogen) atoms. The smallest absolute Gasteiger partial charge is 0.197 e. The number of aliphatic imine (C=N–C) groups is 1. The zero-order chi connectivity index (χ0) is 7.14. The Morgan fingerprint density at radius 2 is 2.60 bits per heavy atom. The number of nitrogens with one attached hydrogen (secondary N) is 1. The lowest BCUT2D eigenvalue weighted by Gasteiger charge is -1.92. The van der Waals surface area contributed by atoms with Crippen LogP contribution in [0.5, 0.6) is 0 Å². The van der Waals surface area contributed by atoms with Crippen LogP contribution in [0.15, 0.2) is 17.0 Å². The summed E-state index contributed by atoms with van der Waals surface area (Å²) < 4.78 is 17.4. The standard InChI is InChI=1S/C5H6FN3O/c6-2-1-8-4-5(10-4)9-3(2)7/h1,4-5,8H,(H2,7,9). The van der Waals surface area contributed by atoms with Gasteiger partial charge in [0.1, 0.15) is 0 Å². The number of hydrogen-bond donors (Lipinski definition) is 2. The second-order valence-corrected chi connectivity index (χ2v) is 2.12. The summed E-state index contributed by atoms with van der Waals surface area (Å²) in [6, 6.07) is 0. The molecule has 4 nitrogen and oxygen atoms in total. The molecule has 2 atom stereocenters. The van der Waals surface area contributed by atoms with Gasteiger partial charge < -0.3 is 15.8 Å². The Hall–Kier alpha value is -1.10. The molecule has 0 bridgehead atoms. The van der Waals surface area contributed by atoms with E-state index in [4.69, 9.17) is 10.5 Å².